The Balaban J connectivity index is 1.70. The van der Waals surface area contributed by atoms with Crippen molar-refractivity contribution in [3.63, 3.8) is 0 Å². The smallest absolute Gasteiger partial charge is 0.227 e. The minimum Gasteiger partial charge on any atom is -0.388 e. The van der Waals surface area contributed by atoms with Crippen LogP contribution in [0.15, 0.2) is 30.6 Å². The summed E-state index contributed by atoms with van der Waals surface area (Å²) in [4.78, 5) is 13.6. The first-order valence-corrected chi connectivity index (χ1v) is 12.3. The van der Waals surface area contributed by atoms with E-state index in [1.807, 2.05) is 25.3 Å². The van der Waals surface area contributed by atoms with Crippen molar-refractivity contribution in [3.8, 4) is 0 Å². The number of nitrogens with two attached hydrogens (primary N) is 1. The lowest BCUT2D eigenvalue weighted by molar-refractivity contribution is 0.208. The van der Waals surface area contributed by atoms with Crippen LogP contribution in [-0.4, -0.2) is 60.2 Å². The first kappa shape index (κ1) is 25.9. The molecule has 1 aliphatic rings. The van der Waals surface area contributed by atoms with Crippen LogP contribution in [0, 0.1) is 12.7 Å². The Morgan fingerprint density at radius 1 is 1.32 bits per heavy atom. The van der Waals surface area contributed by atoms with Gasteiger partial charge in [0.25, 0.3) is 0 Å². The highest BCUT2D eigenvalue weighted by Gasteiger charge is 2.23. The molecule has 186 valence electrons. The third-order valence-electron chi connectivity index (χ3n) is 6.30. The number of nitrogens with zero attached hydrogens (tertiary/aromatic N) is 4. The summed E-state index contributed by atoms with van der Waals surface area (Å²) in [5.74, 6) is 0.179. The highest BCUT2D eigenvalue weighted by atomic mass is 19.1. The standard InChI is InChI=1S/C26H40FN7/c1-6-11-33(5)22-9-12-34(13-10-22)24-8-7-21(14-23(24)27)31-26-30-16-19(4)25(32-26)20(15-28)17-29-18(2)3/h7-8,14,16-18,22,29H,6,9-13,15,28H2,1-5H3,(H,30,31,32)/b20-17+. The van der Waals surface area contributed by atoms with Crippen LogP contribution < -0.4 is 21.3 Å². The lowest BCUT2D eigenvalue weighted by Gasteiger charge is -2.38. The first-order chi connectivity index (χ1) is 16.3. The van der Waals surface area contributed by atoms with Gasteiger partial charge in [-0.2, -0.15) is 0 Å². The van der Waals surface area contributed by atoms with Crippen LogP contribution in [0.2, 0.25) is 0 Å². The van der Waals surface area contributed by atoms with Crippen molar-refractivity contribution < 1.29 is 4.39 Å². The number of halogens is 1. The molecule has 1 saturated heterocycles. The Hall–Kier alpha value is -2.71. The van der Waals surface area contributed by atoms with Gasteiger partial charge in [0.15, 0.2) is 0 Å². The van der Waals surface area contributed by atoms with Gasteiger partial charge in [-0.1, -0.05) is 6.92 Å². The monoisotopic (exact) mass is 469 g/mol. The first-order valence-electron chi connectivity index (χ1n) is 12.3. The van der Waals surface area contributed by atoms with E-state index < -0.39 is 0 Å². The van der Waals surface area contributed by atoms with E-state index in [-0.39, 0.29) is 5.82 Å². The predicted molar refractivity (Wildman–Crippen MR) is 140 cm³/mol. The van der Waals surface area contributed by atoms with Crippen LogP contribution in [0.5, 0.6) is 0 Å². The van der Waals surface area contributed by atoms with Crippen LogP contribution in [0.3, 0.4) is 0 Å². The SMILES string of the molecule is CCCN(C)C1CCN(c2ccc(Nc3ncc(C)c(/C(=C/NC(C)C)CN)n3)cc2F)CC1. The molecule has 3 rings (SSSR count). The second-order valence-corrected chi connectivity index (χ2v) is 9.41. The highest BCUT2D eigenvalue weighted by molar-refractivity contribution is 5.68. The molecule has 0 unspecified atom stereocenters. The van der Waals surface area contributed by atoms with Gasteiger partial charge in [0.1, 0.15) is 5.82 Å². The number of hydrogen-bond donors (Lipinski definition) is 3. The molecule has 4 N–H and O–H groups in total. The van der Waals surface area contributed by atoms with Crippen LogP contribution in [0.25, 0.3) is 5.57 Å². The normalized spacial score (nSPS) is 15.3. The predicted octanol–water partition coefficient (Wildman–Crippen LogP) is 4.28. The third kappa shape index (κ3) is 6.67. The molecule has 1 aliphatic heterocycles. The van der Waals surface area contributed by atoms with Crippen LogP contribution in [0.4, 0.5) is 21.7 Å². The molecule has 0 amide bonds. The van der Waals surface area contributed by atoms with Crippen molar-refractivity contribution >= 4 is 22.9 Å². The van der Waals surface area contributed by atoms with Crippen molar-refractivity contribution in [2.24, 2.45) is 5.73 Å². The molecule has 0 radical (unpaired) electrons. The summed E-state index contributed by atoms with van der Waals surface area (Å²) in [6.07, 6.45) is 6.93. The van der Waals surface area contributed by atoms with Gasteiger partial charge in [0.05, 0.1) is 11.4 Å². The molecule has 1 aromatic heterocycles. The van der Waals surface area contributed by atoms with E-state index in [1.54, 1.807) is 6.20 Å². The van der Waals surface area contributed by atoms with E-state index in [1.165, 1.54) is 6.07 Å². The van der Waals surface area contributed by atoms with Crippen LogP contribution in [0.1, 0.15) is 51.3 Å². The number of anilines is 3. The van der Waals surface area contributed by atoms with Crippen molar-refractivity contribution in [3.05, 3.63) is 47.7 Å². The molecule has 8 heteroatoms. The van der Waals surface area contributed by atoms with Crippen molar-refractivity contribution in [2.45, 2.75) is 59.0 Å². The molecule has 0 spiro atoms. The number of rotatable bonds is 10. The Morgan fingerprint density at radius 2 is 2.06 bits per heavy atom. The minimum atomic E-state index is -0.235. The number of aryl methyl sites for hydroxylation is 1. The molecular weight excluding hydrogens is 429 g/mol. The zero-order chi connectivity index (χ0) is 24.7. The fraction of sp³-hybridized carbons (Fsp3) is 0.538. The average molecular weight is 470 g/mol. The molecule has 7 nitrogen and oxygen atoms in total. The van der Waals surface area contributed by atoms with Gasteiger partial charge in [0.2, 0.25) is 5.95 Å². The topological polar surface area (TPSA) is 82.3 Å². The third-order valence-corrected chi connectivity index (χ3v) is 6.30. The maximum Gasteiger partial charge on any atom is 0.227 e. The molecule has 1 aromatic carbocycles. The molecule has 0 atom stereocenters. The average Bonchev–Trinajstić information content (AvgIpc) is 2.81. The summed E-state index contributed by atoms with van der Waals surface area (Å²) < 4.78 is 15.0. The number of aromatic nitrogens is 2. The maximum absolute atomic E-state index is 15.0. The second kappa shape index (κ2) is 12.1. The van der Waals surface area contributed by atoms with Crippen LogP contribution >= 0.6 is 0 Å². The maximum atomic E-state index is 15.0. The molecule has 0 bridgehead atoms. The van der Waals surface area contributed by atoms with E-state index in [0.717, 1.165) is 55.7 Å². The Morgan fingerprint density at radius 3 is 2.68 bits per heavy atom. The van der Waals surface area contributed by atoms with Crippen LogP contribution in [-0.2, 0) is 0 Å². The van der Waals surface area contributed by atoms with E-state index in [4.69, 9.17) is 5.73 Å². The number of hydrogen-bond acceptors (Lipinski definition) is 7. The molecule has 2 heterocycles. The van der Waals surface area contributed by atoms with Gasteiger partial charge in [-0.25, -0.2) is 14.4 Å². The number of nitrogens with one attached hydrogen (secondary N) is 2. The van der Waals surface area contributed by atoms with E-state index >= 15 is 4.39 Å². The summed E-state index contributed by atoms with van der Waals surface area (Å²) in [5.41, 5.74) is 9.84. The number of piperidine rings is 1. The Kier molecular flexibility index (Phi) is 9.24. The molecular formula is C26H40FN7. The minimum absolute atomic E-state index is 0.235. The fourth-order valence-corrected chi connectivity index (χ4v) is 4.37. The zero-order valence-electron chi connectivity index (χ0n) is 21.2. The fourth-order valence-electron chi connectivity index (χ4n) is 4.37. The quantitative estimate of drug-likeness (QED) is 0.479. The lowest BCUT2D eigenvalue weighted by atomic mass is 10.0. The second-order valence-electron chi connectivity index (χ2n) is 9.41. The Labute approximate surface area is 203 Å². The highest BCUT2D eigenvalue weighted by Crippen LogP contribution is 2.28. The van der Waals surface area contributed by atoms with Crippen molar-refractivity contribution in [1.82, 2.24) is 20.2 Å². The van der Waals surface area contributed by atoms with Gasteiger partial charge in [0, 0.05) is 55.4 Å². The Bertz CT molecular complexity index is 968. The van der Waals surface area contributed by atoms with E-state index in [9.17, 15) is 0 Å². The van der Waals surface area contributed by atoms with Gasteiger partial charge in [-0.05, 0) is 77.4 Å². The van der Waals surface area contributed by atoms with Gasteiger partial charge >= 0.3 is 0 Å². The largest absolute Gasteiger partial charge is 0.388 e. The summed E-state index contributed by atoms with van der Waals surface area (Å²) in [6.45, 7) is 11.5. The number of benzene rings is 1. The summed E-state index contributed by atoms with van der Waals surface area (Å²) in [7, 11) is 2.19. The summed E-state index contributed by atoms with van der Waals surface area (Å²) in [5, 5.41) is 6.42. The molecule has 0 saturated carbocycles. The molecule has 0 aliphatic carbocycles. The molecule has 34 heavy (non-hydrogen) atoms. The van der Waals surface area contributed by atoms with Crippen molar-refractivity contribution in [1.29, 1.82) is 0 Å². The zero-order valence-corrected chi connectivity index (χ0v) is 21.2. The van der Waals surface area contributed by atoms with Gasteiger partial charge in [-0.15, -0.1) is 0 Å². The summed E-state index contributed by atoms with van der Waals surface area (Å²) in [6, 6.07) is 6.13. The lowest BCUT2D eigenvalue weighted by Crippen LogP contribution is -2.43. The van der Waals surface area contributed by atoms with Gasteiger partial charge in [-0.3, -0.25) is 0 Å². The molecule has 2 aromatic rings. The van der Waals surface area contributed by atoms with E-state index in [0.29, 0.717) is 36.0 Å². The van der Waals surface area contributed by atoms with E-state index in [2.05, 4.69) is 58.2 Å². The molecule has 1 fully saturated rings. The van der Waals surface area contributed by atoms with Crippen molar-refractivity contribution in [2.75, 3.05) is 43.4 Å². The summed E-state index contributed by atoms with van der Waals surface area (Å²) >= 11 is 0. The van der Waals surface area contributed by atoms with Gasteiger partial charge < -0.3 is 26.2 Å².